The summed E-state index contributed by atoms with van der Waals surface area (Å²) in [5, 5.41) is 8.23. The zero-order chi connectivity index (χ0) is 7.28. The largest absolute Gasteiger partial charge is 0.437 e. The molecule has 9 heavy (non-hydrogen) atoms. The highest BCUT2D eigenvalue weighted by molar-refractivity contribution is 5.91. The Morgan fingerprint density at radius 3 is 2.44 bits per heavy atom. The van der Waals surface area contributed by atoms with E-state index in [1.165, 1.54) is 7.05 Å². The number of aliphatic imine (C=N–C) groups is 1. The molecule has 0 amide bonds. The second-order valence-corrected chi connectivity index (χ2v) is 1.44. The number of nitriles is 1. The van der Waals surface area contributed by atoms with Gasteiger partial charge in [0.15, 0.2) is 6.07 Å². The van der Waals surface area contributed by atoms with Crippen LogP contribution in [0.1, 0.15) is 6.92 Å². The van der Waals surface area contributed by atoms with Crippen molar-refractivity contribution in [3.05, 3.63) is 12.3 Å². The van der Waals surface area contributed by atoms with Gasteiger partial charge in [-0.1, -0.05) is 6.58 Å². The molecule has 0 atom stereocenters. The van der Waals surface area contributed by atoms with Crippen LogP contribution in [-0.4, -0.2) is 12.9 Å². The van der Waals surface area contributed by atoms with Crippen LogP contribution in [0.25, 0.3) is 0 Å². The molecule has 0 aromatic rings. The summed E-state index contributed by atoms with van der Waals surface area (Å²) in [5.74, 6) is 0.514. The van der Waals surface area contributed by atoms with Crippen LogP contribution in [0.15, 0.2) is 17.3 Å². The van der Waals surface area contributed by atoms with Gasteiger partial charge in [0.2, 0.25) is 0 Å². The Labute approximate surface area is 54.3 Å². The maximum atomic E-state index is 8.23. The average Bonchev–Trinajstić information content (AvgIpc) is 1.82. The molecule has 0 aliphatic heterocycles. The van der Waals surface area contributed by atoms with Crippen molar-refractivity contribution in [2.45, 2.75) is 6.92 Å². The Balaban J connectivity index is 3.91. The second kappa shape index (κ2) is 3.67. The van der Waals surface area contributed by atoms with Gasteiger partial charge in [0, 0.05) is 7.05 Å². The third-order valence-corrected chi connectivity index (χ3v) is 0.570. The Bertz CT molecular complexity index is 176. The summed E-state index contributed by atoms with van der Waals surface area (Å²) in [4.78, 5) is 3.52. The molecule has 0 saturated heterocycles. The lowest BCUT2D eigenvalue weighted by atomic mass is 10.6. The van der Waals surface area contributed by atoms with Crippen LogP contribution in [0.4, 0.5) is 0 Å². The van der Waals surface area contributed by atoms with E-state index in [-0.39, 0.29) is 5.90 Å². The number of allylic oxidation sites excluding steroid dienone is 1. The lowest BCUT2D eigenvalue weighted by Crippen LogP contribution is -1.97. The quantitative estimate of drug-likeness (QED) is 0.298. The van der Waals surface area contributed by atoms with Crippen LogP contribution in [-0.2, 0) is 4.74 Å². The minimum atomic E-state index is 0.0440. The molecular formula is C6H8N2O. The van der Waals surface area contributed by atoms with E-state index in [1.54, 1.807) is 13.0 Å². The summed E-state index contributed by atoms with van der Waals surface area (Å²) in [6.07, 6.45) is 0. The minimum Gasteiger partial charge on any atom is -0.437 e. The molecule has 0 fully saturated rings. The van der Waals surface area contributed by atoms with Gasteiger partial charge in [0.05, 0.1) is 5.76 Å². The molecule has 0 heterocycles. The number of ether oxygens (including phenoxy) is 1. The third-order valence-electron chi connectivity index (χ3n) is 0.570. The standard InChI is InChI=1S/C6H8N2O/c1-5(2)9-6(4-7)8-3/h1H2,2-3H3/b8-6-. The first kappa shape index (κ1) is 7.70. The fraction of sp³-hybridized carbons (Fsp3) is 0.333. The normalized spacial score (nSPS) is 10.1. The maximum absolute atomic E-state index is 8.23. The van der Waals surface area contributed by atoms with E-state index in [9.17, 15) is 0 Å². The molecule has 0 spiro atoms. The van der Waals surface area contributed by atoms with Gasteiger partial charge in [0.1, 0.15) is 0 Å². The summed E-state index contributed by atoms with van der Waals surface area (Å²) in [6, 6.07) is 1.75. The molecule has 3 heteroatoms. The number of hydrogen-bond acceptors (Lipinski definition) is 3. The topological polar surface area (TPSA) is 45.4 Å². The maximum Gasteiger partial charge on any atom is 0.295 e. The number of rotatable bonds is 1. The number of nitrogens with zero attached hydrogens (tertiary/aromatic N) is 2. The van der Waals surface area contributed by atoms with Gasteiger partial charge in [-0.25, -0.2) is 4.99 Å². The monoisotopic (exact) mass is 124 g/mol. The van der Waals surface area contributed by atoms with Crippen molar-refractivity contribution in [1.29, 1.82) is 5.26 Å². The highest BCUT2D eigenvalue weighted by Crippen LogP contribution is 1.90. The summed E-state index contributed by atoms with van der Waals surface area (Å²) < 4.78 is 4.74. The Morgan fingerprint density at radius 1 is 1.78 bits per heavy atom. The van der Waals surface area contributed by atoms with Crippen LogP contribution in [0.5, 0.6) is 0 Å². The molecule has 0 aromatic carbocycles. The van der Waals surface area contributed by atoms with Gasteiger partial charge in [0.25, 0.3) is 5.90 Å². The van der Waals surface area contributed by atoms with E-state index in [2.05, 4.69) is 11.6 Å². The molecule has 0 saturated carbocycles. The molecule has 0 N–H and O–H groups in total. The molecule has 48 valence electrons. The van der Waals surface area contributed by atoms with Gasteiger partial charge in [-0.05, 0) is 6.92 Å². The van der Waals surface area contributed by atoms with E-state index < -0.39 is 0 Å². The van der Waals surface area contributed by atoms with Crippen LogP contribution < -0.4 is 0 Å². The Hall–Kier alpha value is -1.30. The first-order valence-electron chi connectivity index (χ1n) is 2.41. The van der Waals surface area contributed by atoms with Gasteiger partial charge < -0.3 is 4.74 Å². The molecule has 0 unspecified atom stereocenters. The van der Waals surface area contributed by atoms with Gasteiger partial charge in [-0.3, -0.25) is 0 Å². The summed E-state index contributed by atoms with van der Waals surface area (Å²) in [7, 11) is 1.49. The second-order valence-electron chi connectivity index (χ2n) is 1.44. The summed E-state index contributed by atoms with van der Waals surface area (Å²) >= 11 is 0. The fourth-order valence-corrected chi connectivity index (χ4v) is 0.283. The first-order valence-corrected chi connectivity index (χ1v) is 2.41. The highest BCUT2D eigenvalue weighted by atomic mass is 16.5. The lowest BCUT2D eigenvalue weighted by Gasteiger charge is -1.96. The van der Waals surface area contributed by atoms with Crippen molar-refractivity contribution in [3.8, 4) is 6.07 Å². The first-order chi connectivity index (χ1) is 4.20. The van der Waals surface area contributed by atoms with E-state index >= 15 is 0 Å². The molecule has 0 aliphatic rings. The average molecular weight is 124 g/mol. The van der Waals surface area contributed by atoms with Gasteiger partial charge in [-0.15, -0.1) is 0 Å². The van der Waals surface area contributed by atoms with Crippen molar-refractivity contribution in [2.24, 2.45) is 4.99 Å². The van der Waals surface area contributed by atoms with Crippen LogP contribution in [0, 0.1) is 11.3 Å². The van der Waals surface area contributed by atoms with E-state index in [1.807, 2.05) is 0 Å². The molecule has 0 rings (SSSR count). The molecule has 0 radical (unpaired) electrons. The number of hydrogen-bond donors (Lipinski definition) is 0. The molecular weight excluding hydrogens is 116 g/mol. The molecule has 0 aliphatic carbocycles. The van der Waals surface area contributed by atoms with Crippen molar-refractivity contribution in [1.82, 2.24) is 0 Å². The predicted octanol–water partition coefficient (Wildman–Crippen LogP) is 1.09. The van der Waals surface area contributed by atoms with Crippen molar-refractivity contribution in [2.75, 3.05) is 7.05 Å². The van der Waals surface area contributed by atoms with Gasteiger partial charge >= 0.3 is 0 Å². The Kier molecular flexibility index (Phi) is 3.14. The molecule has 0 bridgehead atoms. The van der Waals surface area contributed by atoms with Crippen LogP contribution in [0.3, 0.4) is 0 Å². The van der Waals surface area contributed by atoms with E-state index in [4.69, 9.17) is 10.00 Å². The van der Waals surface area contributed by atoms with Gasteiger partial charge in [-0.2, -0.15) is 5.26 Å². The van der Waals surface area contributed by atoms with E-state index in [0.717, 1.165) is 0 Å². The van der Waals surface area contributed by atoms with Crippen molar-refractivity contribution >= 4 is 5.90 Å². The highest BCUT2D eigenvalue weighted by Gasteiger charge is 1.93. The lowest BCUT2D eigenvalue weighted by molar-refractivity contribution is 0.424. The zero-order valence-corrected chi connectivity index (χ0v) is 5.51. The predicted molar refractivity (Wildman–Crippen MR) is 34.9 cm³/mol. The SMILES string of the molecule is C=C(C)O/C(C#N)=N\C. The van der Waals surface area contributed by atoms with E-state index in [0.29, 0.717) is 5.76 Å². The zero-order valence-electron chi connectivity index (χ0n) is 5.51. The fourth-order valence-electron chi connectivity index (χ4n) is 0.283. The van der Waals surface area contributed by atoms with Crippen molar-refractivity contribution in [3.63, 3.8) is 0 Å². The molecule has 0 aromatic heterocycles. The van der Waals surface area contributed by atoms with Crippen LogP contribution >= 0.6 is 0 Å². The third kappa shape index (κ3) is 3.30. The smallest absolute Gasteiger partial charge is 0.295 e. The van der Waals surface area contributed by atoms with Crippen molar-refractivity contribution < 1.29 is 4.74 Å². The Morgan fingerprint density at radius 2 is 2.33 bits per heavy atom. The molecule has 3 nitrogen and oxygen atoms in total. The van der Waals surface area contributed by atoms with Crippen LogP contribution in [0.2, 0.25) is 0 Å². The summed E-state index contributed by atoms with van der Waals surface area (Å²) in [6.45, 7) is 5.09. The minimum absolute atomic E-state index is 0.0440. The summed E-state index contributed by atoms with van der Waals surface area (Å²) in [5.41, 5.74) is 0.